The third kappa shape index (κ3) is 5.88. The van der Waals surface area contributed by atoms with Crippen LogP contribution in [0.25, 0.3) is 11.1 Å². The van der Waals surface area contributed by atoms with Gasteiger partial charge in [0.25, 0.3) is 5.91 Å². The van der Waals surface area contributed by atoms with Crippen LogP contribution in [-0.4, -0.2) is 28.4 Å². The van der Waals surface area contributed by atoms with Crippen LogP contribution in [0.15, 0.2) is 97.7 Å². The molecule has 10 heteroatoms. The molecule has 1 aromatic heterocycles. The lowest BCUT2D eigenvalue weighted by Crippen LogP contribution is -2.75. The molecule has 1 aliphatic rings. The first-order valence-corrected chi connectivity index (χ1v) is 12.0. The number of hydrogen-bond acceptors (Lipinski definition) is 6. The van der Waals surface area contributed by atoms with Crippen molar-refractivity contribution in [1.29, 1.82) is 0 Å². The summed E-state index contributed by atoms with van der Waals surface area (Å²) in [5.41, 5.74) is 7.58. The Morgan fingerprint density at radius 3 is 2.63 bits per heavy atom. The molecule has 38 heavy (non-hydrogen) atoms. The Morgan fingerprint density at radius 2 is 1.92 bits per heavy atom. The molecule has 3 aromatic carbocycles. The van der Waals surface area contributed by atoms with Gasteiger partial charge in [-0.2, -0.15) is 5.43 Å². The second-order valence-corrected chi connectivity index (χ2v) is 8.86. The number of aromatic amines is 1. The van der Waals surface area contributed by atoms with E-state index in [-0.39, 0.29) is 12.5 Å². The van der Waals surface area contributed by atoms with E-state index in [0.29, 0.717) is 24.5 Å². The van der Waals surface area contributed by atoms with Gasteiger partial charge in [-0.15, -0.1) is 4.74 Å². The van der Waals surface area contributed by atoms with Crippen LogP contribution in [0.5, 0.6) is 5.75 Å². The molecule has 2 heterocycles. The molecule has 4 N–H and O–H groups in total. The Kier molecular flexibility index (Phi) is 7.14. The number of carbonyl (C=O) groups excluding carboxylic acids is 1. The van der Waals surface area contributed by atoms with Gasteiger partial charge in [-0.1, -0.05) is 41.5 Å². The fourth-order valence-electron chi connectivity index (χ4n) is 4.11. The second kappa shape index (κ2) is 11.0. The highest BCUT2D eigenvalue weighted by molar-refractivity contribution is 5.95. The average molecular weight is 513 g/mol. The maximum Gasteiger partial charge on any atom is 0.440 e. The van der Waals surface area contributed by atoms with E-state index in [4.69, 9.17) is 9.26 Å². The molecule has 0 aliphatic carbocycles. The summed E-state index contributed by atoms with van der Waals surface area (Å²) in [7, 11) is 0. The third-order valence-corrected chi connectivity index (χ3v) is 6.08. The number of amides is 1. The highest BCUT2D eigenvalue weighted by Gasteiger charge is 2.12. The molecule has 0 radical (unpaired) electrons. The van der Waals surface area contributed by atoms with Gasteiger partial charge in [-0.25, -0.2) is 14.6 Å². The number of carbonyl (C=O) groups is 1. The van der Waals surface area contributed by atoms with Crippen molar-refractivity contribution in [1.82, 2.24) is 15.0 Å². The van der Waals surface area contributed by atoms with Gasteiger partial charge in [0.05, 0.1) is 19.3 Å². The van der Waals surface area contributed by atoms with E-state index >= 15 is 0 Å². The van der Waals surface area contributed by atoms with Crippen LogP contribution < -0.4 is 26.9 Å². The lowest BCUT2D eigenvalue weighted by Gasteiger charge is -2.12. The summed E-state index contributed by atoms with van der Waals surface area (Å²) in [5.74, 6) is -0.235. The number of aromatic nitrogens is 2. The van der Waals surface area contributed by atoms with Crippen LogP contribution in [0.4, 0.5) is 0 Å². The quantitative estimate of drug-likeness (QED) is 0.295. The minimum Gasteiger partial charge on any atom is -0.489 e. The Morgan fingerprint density at radius 1 is 1.08 bits per heavy atom. The second-order valence-electron chi connectivity index (χ2n) is 8.86. The summed E-state index contributed by atoms with van der Waals surface area (Å²) in [6.45, 7) is 2.95. The fourth-order valence-corrected chi connectivity index (χ4v) is 4.11. The predicted octanol–water partition coefficient (Wildman–Crippen LogP) is 1.91. The first-order chi connectivity index (χ1) is 18.4. The zero-order valence-corrected chi connectivity index (χ0v) is 20.6. The SMILES string of the molecule is Cc1cc(C(=O)NCC2=CC=N[NH2+]2)ccc1-c1cccc(COc2ccc(Cn3oc(=O)[nH]c3=O)cc2)c1. The van der Waals surface area contributed by atoms with Crippen molar-refractivity contribution < 1.29 is 19.5 Å². The zero-order valence-electron chi connectivity index (χ0n) is 20.6. The number of nitrogens with two attached hydrogens (primary N) is 1. The van der Waals surface area contributed by atoms with Crippen molar-refractivity contribution in [2.24, 2.45) is 5.10 Å². The van der Waals surface area contributed by atoms with Gasteiger partial charge in [-0.3, -0.25) is 4.79 Å². The van der Waals surface area contributed by atoms with E-state index in [0.717, 1.165) is 38.3 Å². The van der Waals surface area contributed by atoms with Crippen molar-refractivity contribution in [2.75, 3.05) is 6.54 Å². The largest absolute Gasteiger partial charge is 0.489 e. The first kappa shape index (κ1) is 24.7. The van der Waals surface area contributed by atoms with Crippen LogP contribution in [0.1, 0.15) is 27.0 Å². The van der Waals surface area contributed by atoms with E-state index < -0.39 is 11.4 Å². The summed E-state index contributed by atoms with van der Waals surface area (Å²) in [5, 5.41) is 6.93. The minimum absolute atomic E-state index is 0.126. The number of ether oxygens (including phenoxy) is 1. The van der Waals surface area contributed by atoms with E-state index in [1.54, 1.807) is 23.8 Å². The van der Waals surface area contributed by atoms with Crippen LogP contribution in [-0.2, 0) is 13.2 Å². The molecule has 4 aromatic rings. The summed E-state index contributed by atoms with van der Waals surface area (Å²) in [6.07, 6.45) is 3.57. The molecule has 1 aliphatic heterocycles. The molecule has 0 atom stereocenters. The van der Waals surface area contributed by atoms with E-state index in [1.165, 1.54) is 0 Å². The summed E-state index contributed by atoms with van der Waals surface area (Å²) < 4.78 is 11.7. The van der Waals surface area contributed by atoms with Crippen molar-refractivity contribution in [3.63, 3.8) is 0 Å². The molecule has 10 nitrogen and oxygen atoms in total. The summed E-state index contributed by atoms with van der Waals surface area (Å²) >= 11 is 0. The Bertz CT molecular complexity index is 1640. The highest BCUT2D eigenvalue weighted by Crippen LogP contribution is 2.26. The molecule has 0 saturated heterocycles. The van der Waals surface area contributed by atoms with E-state index in [9.17, 15) is 14.4 Å². The highest BCUT2D eigenvalue weighted by atomic mass is 16.5. The third-order valence-electron chi connectivity index (χ3n) is 6.08. The molecule has 0 fully saturated rings. The maximum atomic E-state index is 12.6. The number of nitrogens with zero attached hydrogens (tertiary/aromatic N) is 2. The van der Waals surface area contributed by atoms with Crippen molar-refractivity contribution >= 4 is 12.1 Å². The zero-order chi connectivity index (χ0) is 26.5. The monoisotopic (exact) mass is 512 g/mol. The molecule has 192 valence electrons. The van der Waals surface area contributed by atoms with Gasteiger partial charge in [0.1, 0.15) is 12.4 Å². The number of aryl methyl sites for hydroxylation is 1. The van der Waals surface area contributed by atoms with Gasteiger partial charge >= 0.3 is 11.4 Å². The van der Waals surface area contributed by atoms with Gasteiger partial charge in [-0.05, 0) is 65.1 Å². The molecule has 1 amide bonds. The van der Waals surface area contributed by atoms with Crippen molar-refractivity contribution in [3.8, 4) is 16.9 Å². The summed E-state index contributed by atoms with van der Waals surface area (Å²) in [6, 6.07) is 21.0. The molecule has 0 unspecified atom stereocenters. The van der Waals surface area contributed by atoms with Gasteiger partial charge in [0.2, 0.25) is 0 Å². The average Bonchev–Trinajstić information content (AvgIpc) is 3.55. The summed E-state index contributed by atoms with van der Waals surface area (Å²) in [4.78, 5) is 37.4. The standard InChI is InChI=1S/C28H25N5O5/c1-18-13-22(26(34)29-15-23-11-12-30-32-23)7-10-25(18)21-4-2-3-20(14-21)17-37-24-8-5-19(6-9-24)16-33-27(35)31-28(36)38-33/h2-14H,15-17H2,1H3,(H,29,34)(H,30,32)(H,31,35,36)/p+1. The topological polar surface area (TPSA) is 135 Å². The molecular formula is C28H26N5O5+. The molecule has 0 bridgehead atoms. The molecule has 5 rings (SSSR count). The van der Waals surface area contributed by atoms with Crippen molar-refractivity contribution in [2.45, 2.75) is 20.1 Å². The van der Waals surface area contributed by atoms with Gasteiger partial charge in [0.15, 0.2) is 5.70 Å². The number of hydrogen-bond donors (Lipinski definition) is 3. The van der Waals surface area contributed by atoms with E-state index in [1.807, 2.05) is 61.5 Å². The number of H-pyrrole nitrogens is 1. The van der Waals surface area contributed by atoms with Crippen LogP contribution in [0.3, 0.4) is 0 Å². The van der Waals surface area contributed by atoms with Gasteiger partial charge in [0, 0.05) is 11.6 Å². The Labute approximate surface area is 217 Å². The molecule has 0 spiro atoms. The number of rotatable bonds is 9. The van der Waals surface area contributed by atoms with Crippen LogP contribution in [0.2, 0.25) is 0 Å². The number of benzene rings is 3. The lowest BCUT2D eigenvalue weighted by atomic mass is 9.97. The minimum atomic E-state index is -0.781. The Hall–Kier alpha value is -4.96. The van der Waals surface area contributed by atoms with Gasteiger partial charge < -0.3 is 14.6 Å². The van der Waals surface area contributed by atoms with Crippen LogP contribution in [0, 0.1) is 6.92 Å². The van der Waals surface area contributed by atoms with Crippen LogP contribution >= 0.6 is 0 Å². The molecular weight excluding hydrogens is 486 g/mol. The number of quaternary nitrogens is 1. The smallest absolute Gasteiger partial charge is 0.440 e. The molecule has 0 saturated carbocycles. The Balaban J connectivity index is 1.20. The van der Waals surface area contributed by atoms with Crippen molar-refractivity contribution in [3.05, 3.63) is 122 Å². The fraction of sp³-hybridized carbons (Fsp3) is 0.143. The first-order valence-electron chi connectivity index (χ1n) is 12.0. The normalized spacial score (nSPS) is 12.4. The number of nitrogens with one attached hydrogen (secondary N) is 2. The predicted molar refractivity (Wildman–Crippen MR) is 141 cm³/mol. The lowest BCUT2D eigenvalue weighted by molar-refractivity contribution is -0.609. The number of allylic oxidation sites excluding steroid dienone is 1. The maximum absolute atomic E-state index is 12.6. The van der Waals surface area contributed by atoms with E-state index in [2.05, 4.69) is 21.5 Å².